The van der Waals surface area contributed by atoms with Crippen LogP contribution in [0.4, 0.5) is 0 Å². The van der Waals surface area contributed by atoms with Crippen LogP contribution in [0.2, 0.25) is 4.34 Å². The molecule has 0 aliphatic heterocycles. The van der Waals surface area contributed by atoms with Gasteiger partial charge in [0.15, 0.2) is 0 Å². The number of amides is 1. The molecule has 2 rings (SSSR count). The number of hydrogen-bond donors (Lipinski definition) is 1. The van der Waals surface area contributed by atoms with Crippen LogP contribution in [0.3, 0.4) is 0 Å². The molecular formula is C14H15ClN2OS. The van der Waals surface area contributed by atoms with Crippen LogP contribution in [0.15, 0.2) is 36.7 Å². The lowest BCUT2D eigenvalue weighted by atomic mass is 10.1. The Labute approximate surface area is 121 Å². The zero-order valence-corrected chi connectivity index (χ0v) is 12.2. The molecule has 19 heavy (non-hydrogen) atoms. The Morgan fingerprint density at radius 1 is 1.47 bits per heavy atom. The van der Waals surface area contributed by atoms with E-state index in [0.717, 1.165) is 14.8 Å². The van der Waals surface area contributed by atoms with Crippen LogP contribution < -0.4 is 5.32 Å². The molecule has 0 saturated heterocycles. The van der Waals surface area contributed by atoms with Gasteiger partial charge in [-0.15, -0.1) is 11.3 Å². The van der Waals surface area contributed by atoms with Crippen molar-refractivity contribution in [2.45, 2.75) is 25.8 Å². The first-order valence-electron chi connectivity index (χ1n) is 6.08. The first-order valence-corrected chi connectivity index (χ1v) is 7.28. The molecule has 0 spiro atoms. The molecule has 0 aliphatic rings. The van der Waals surface area contributed by atoms with E-state index in [1.54, 1.807) is 12.4 Å². The number of nitrogens with zero attached hydrogens (tertiary/aromatic N) is 1. The van der Waals surface area contributed by atoms with E-state index < -0.39 is 0 Å². The first kappa shape index (κ1) is 14.0. The Kier molecular flexibility index (Phi) is 4.93. The summed E-state index contributed by atoms with van der Waals surface area (Å²) in [4.78, 5) is 16.9. The average molecular weight is 295 g/mol. The number of pyridine rings is 1. The highest BCUT2D eigenvalue weighted by Gasteiger charge is 2.11. The van der Waals surface area contributed by atoms with Crippen LogP contribution in [-0.2, 0) is 11.2 Å². The van der Waals surface area contributed by atoms with Crippen molar-refractivity contribution in [1.82, 2.24) is 10.3 Å². The van der Waals surface area contributed by atoms with Gasteiger partial charge in [0.2, 0.25) is 5.91 Å². The second-order valence-corrected chi connectivity index (χ2v) is 6.04. The second kappa shape index (κ2) is 6.68. The zero-order chi connectivity index (χ0) is 13.7. The summed E-state index contributed by atoms with van der Waals surface area (Å²) in [5.74, 6) is 0.0425. The quantitative estimate of drug-likeness (QED) is 0.915. The van der Waals surface area contributed by atoms with Gasteiger partial charge in [0.25, 0.3) is 0 Å². The molecule has 0 saturated carbocycles. The van der Waals surface area contributed by atoms with E-state index in [4.69, 9.17) is 11.6 Å². The summed E-state index contributed by atoms with van der Waals surface area (Å²) in [5, 5.41) is 2.97. The molecule has 2 heterocycles. The van der Waals surface area contributed by atoms with E-state index in [0.29, 0.717) is 12.8 Å². The van der Waals surface area contributed by atoms with Gasteiger partial charge >= 0.3 is 0 Å². The number of nitrogens with one attached hydrogen (secondary N) is 1. The minimum absolute atomic E-state index is 0.00102. The Morgan fingerprint density at radius 2 is 2.32 bits per heavy atom. The maximum atomic E-state index is 11.8. The molecule has 100 valence electrons. The standard InChI is InChI=1S/C14H15ClN2OS/c1-10(12-5-6-13(15)19-12)17-14(18)7-4-11-3-2-8-16-9-11/h2-3,5-6,8-10H,4,7H2,1H3,(H,17,18). The average Bonchev–Trinajstić information content (AvgIpc) is 2.84. The van der Waals surface area contributed by atoms with Crippen molar-refractivity contribution < 1.29 is 4.79 Å². The molecule has 0 radical (unpaired) electrons. The maximum absolute atomic E-state index is 11.8. The molecule has 1 amide bonds. The second-order valence-electron chi connectivity index (χ2n) is 4.29. The molecule has 0 aliphatic carbocycles. The Balaban J connectivity index is 1.81. The smallest absolute Gasteiger partial charge is 0.220 e. The third kappa shape index (κ3) is 4.33. The lowest BCUT2D eigenvalue weighted by Gasteiger charge is -2.12. The normalized spacial score (nSPS) is 12.1. The van der Waals surface area contributed by atoms with Crippen LogP contribution in [0, 0.1) is 0 Å². The van der Waals surface area contributed by atoms with Gasteiger partial charge in [-0.05, 0) is 37.1 Å². The molecule has 0 fully saturated rings. The van der Waals surface area contributed by atoms with E-state index in [1.807, 2.05) is 31.2 Å². The molecule has 1 unspecified atom stereocenters. The third-order valence-corrected chi connectivity index (χ3v) is 4.18. The first-order chi connectivity index (χ1) is 9.15. The van der Waals surface area contributed by atoms with E-state index in [9.17, 15) is 4.79 Å². The van der Waals surface area contributed by atoms with Crippen molar-refractivity contribution in [2.75, 3.05) is 0 Å². The molecule has 2 aromatic rings. The highest BCUT2D eigenvalue weighted by Crippen LogP contribution is 2.26. The summed E-state index contributed by atoms with van der Waals surface area (Å²) < 4.78 is 0.742. The summed E-state index contributed by atoms with van der Waals surface area (Å²) in [5.41, 5.74) is 1.07. The van der Waals surface area contributed by atoms with E-state index in [1.165, 1.54) is 11.3 Å². The van der Waals surface area contributed by atoms with Crippen LogP contribution >= 0.6 is 22.9 Å². The van der Waals surface area contributed by atoms with Crippen LogP contribution in [0.5, 0.6) is 0 Å². The van der Waals surface area contributed by atoms with Crippen molar-refractivity contribution in [3.8, 4) is 0 Å². The lowest BCUT2D eigenvalue weighted by molar-refractivity contribution is -0.121. The van der Waals surface area contributed by atoms with Crippen molar-refractivity contribution in [2.24, 2.45) is 0 Å². The minimum atomic E-state index is -0.00102. The molecule has 1 N–H and O–H groups in total. The van der Waals surface area contributed by atoms with Crippen molar-refractivity contribution >= 4 is 28.8 Å². The van der Waals surface area contributed by atoms with E-state index in [-0.39, 0.29) is 11.9 Å². The van der Waals surface area contributed by atoms with Gasteiger partial charge < -0.3 is 5.32 Å². The summed E-state index contributed by atoms with van der Waals surface area (Å²) in [6.45, 7) is 1.96. The van der Waals surface area contributed by atoms with Gasteiger partial charge in [-0.25, -0.2) is 0 Å². The number of hydrogen-bond acceptors (Lipinski definition) is 3. The van der Waals surface area contributed by atoms with Gasteiger partial charge in [0, 0.05) is 23.7 Å². The lowest BCUT2D eigenvalue weighted by Crippen LogP contribution is -2.26. The van der Waals surface area contributed by atoms with Crippen LogP contribution in [0.25, 0.3) is 0 Å². The number of aryl methyl sites for hydroxylation is 1. The Morgan fingerprint density at radius 3 is 2.95 bits per heavy atom. The molecular weight excluding hydrogens is 280 g/mol. The van der Waals surface area contributed by atoms with Gasteiger partial charge in [0.05, 0.1) is 10.4 Å². The largest absolute Gasteiger partial charge is 0.349 e. The molecule has 0 aromatic carbocycles. The number of carbonyl (C=O) groups is 1. The molecule has 3 nitrogen and oxygen atoms in total. The zero-order valence-electron chi connectivity index (χ0n) is 10.6. The molecule has 2 aromatic heterocycles. The summed E-state index contributed by atoms with van der Waals surface area (Å²) in [7, 11) is 0. The van der Waals surface area contributed by atoms with Gasteiger partial charge in [-0.3, -0.25) is 9.78 Å². The van der Waals surface area contributed by atoms with Crippen LogP contribution in [0.1, 0.15) is 29.8 Å². The summed E-state index contributed by atoms with van der Waals surface area (Å²) >= 11 is 7.37. The molecule has 5 heteroatoms. The molecule has 1 atom stereocenters. The highest BCUT2D eigenvalue weighted by atomic mass is 35.5. The van der Waals surface area contributed by atoms with Gasteiger partial charge in [-0.2, -0.15) is 0 Å². The van der Waals surface area contributed by atoms with Crippen molar-refractivity contribution in [3.05, 3.63) is 51.4 Å². The monoisotopic (exact) mass is 294 g/mol. The molecule has 0 bridgehead atoms. The van der Waals surface area contributed by atoms with E-state index in [2.05, 4.69) is 10.3 Å². The Hall–Kier alpha value is -1.39. The Bertz CT molecular complexity index is 541. The fourth-order valence-electron chi connectivity index (χ4n) is 1.75. The van der Waals surface area contributed by atoms with E-state index >= 15 is 0 Å². The third-order valence-electron chi connectivity index (χ3n) is 2.76. The van der Waals surface area contributed by atoms with Crippen molar-refractivity contribution in [3.63, 3.8) is 0 Å². The van der Waals surface area contributed by atoms with Gasteiger partial charge in [-0.1, -0.05) is 17.7 Å². The number of rotatable bonds is 5. The maximum Gasteiger partial charge on any atom is 0.220 e. The predicted molar refractivity (Wildman–Crippen MR) is 78.4 cm³/mol. The highest BCUT2D eigenvalue weighted by molar-refractivity contribution is 7.16. The van der Waals surface area contributed by atoms with Crippen LogP contribution in [-0.4, -0.2) is 10.9 Å². The topological polar surface area (TPSA) is 42.0 Å². The fraction of sp³-hybridized carbons (Fsp3) is 0.286. The van der Waals surface area contributed by atoms with Crippen molar-refractivity contribution in [1.29, 1.82) is 0 Å². The number of carbonyl (C=O) groups excluding carboxylic acids is 1. The minimum Gasteiger partial charge on any atom is -0.349 e. The predicted octanol–water partition coefficient (Wildman–Crippen LogP) is 3.61. The summed E-state index contributed by atoms with van der Waals surface area (Å²) in [6, 6.07) is 7.64. The van der Waals surface area contributed by atoms with Gasteiger partial charge in [0.1, 0.15) is 0 Å². The SMILES string of the molecule is CC(NC(=O)CCc1cccnc1)c1ccc(Cl)s1. The fourth-order valence-corrected chi connectivity index (χ4v) is 2.81. The number of halogens is 1. The number of thiophene rings is 1. The number of aromatic nitrogens is 1. The summed E-state index contributed by atoms with van der Waals surface area (Å²) in [6.07, 6.45) is 4.69.